The fourth-order valence-corrected chi connectivity index (χ4v) is 0.856. The van der Waals surface area contributed by atoms with Crippen LogP contribution in [0.25, 0.3) is 0 Å². The molecule has 0 atom stereocenters. The van der Waals surface area contributed by atoms with E-state index in [0.717, 1.165) is 0 Å². The highest BCUT2D eigenvalue weighted by atomic mass is 19.2. The Labute approximate surface area is 79.7 Å². The van der Waals surface area contributed by atoms with E-state index in [2.05, 4.69) is 5.32 Å². The maximum Gasteiger partial charge on any atom is 0.254 e. The molecule has 1 N–H and O–H groups in total. The molecule has 2 nitrogen and oxygen atoms in total. The molecule has 5 heteroatoms. The van der Waals surface area contributed by atoms with Gasteiger partial charge in [0.25, 0.3) is 5.91 Å². The van der Waals surface area contributed by atoms with Crippen molar-refractivity contribution in [2.24, 2.45) is 0 Å². The van der Waals surface area contributed by atoms with Crippen LogP contribution < -0.4 is 5.32 Å². The molecule has 0 saturated carbocycles. The normalized spacial score (nSPS) is 9.14. The van der Waals surface area contributed by atoms with Crippen molar-refractivity contribution >= 4 is 5.91 Å². The number of carbonyl (C=O) groups is 1. The summed E-state index contributed by atoms with van der Waals surface area (Å²) in [7, 11) is 1.24. The molecule has 0 aromatic heterocycles. The Morgan fingerprint density at radius 2 is 1.86 bits per heavy atom. The molecule has 0 aliphatic carbocycles. The Kier molecular flexibility index (Phi) is 4.14. The fraction of sp³-hybridized carbons (Fsp3) is 0.222. The first-order valence-corrected chi connectivity index (χ1v) is 3.43. The van der Waals surface area contributed by atoms with Gasteiger partial charge in [-0.2, -0.15) is 0 Å². The minimum Gasteiger partial charge on any atom is -0.355 e. The zero-order chi connectivity index (χ0) is 10.0. The Balaban J connectivity index is 0.00000169. The van der Waals surface area contributed by atoms with Crippen LogP contribution in [0.1, 0.15) is 17.8 Å². The summed E-state index contributed by atoms with van der Waals surface area (Å²) in [4.78, 5) is 10.9. The lowest BCUT2D eigenvalue weighted by atomic mass is 10.2. The summed E-state index contributed by atoms with van der Waals surface area (Å²) in [6.45, 7) is 0. The van der Waals surface area contributed by atoms with Crippen LogP contribution in [0.5, 0.6) is 0 Å². The van der Waals surface area contributed by atoms with Gasteiger partial charge in [0.2, 0.25) is 0 Å². The van der Waals surface area contributed by atoms with Crippen molar-refractivity contribution in [3.05, 3.63) is 35.1 Å². The Hall–Kier alpha value is -1.52. The summed E-state index contributed by atoms with van der Waals surface area (Å²) < 4.78 is 37.9. The predicted molar refractivity (Wildman–Crippen MR) is 46.4 cm³/mol. The maximum atomic E-state index is 12.8. The van der Waals surface area contributed by atoms with E-state index >= 15 is 0 Å². The quantitative estimate of drug-likeness (QED) is 0.699. The van der Waals surface area contributed by atoms with Crippen molar-refractivity contribution in [2.45, 2.75) is 7.43 Å². The molecule has 0 fully saturated rings. The molecule has 0 bridgehead atoms. The molecular formula is C9H10F3NO. The van der Waals surface area contributed by atoms with Gasteiger partial charge in [0.15, 0.2) is 11.6 Å². The highest BCUT2D eigenvalue weighted by Crippen LogP contribution is 2.13. The van der Waals surface area contributed by atoms with Crippen LogP contribution in [0.3, 0.4) is 0 Å². The zero-order valence-corrected chi connectivity index (χ0v) is 6.70. The van der Waals surface area contributed by atoms with Crippen LogP contribution >= 0.6 is 0 Å². The predicted octanol–water partition coefficient (Wildman–Crippen LogP) is 2.10. The SMILES string of the molecule is C.CNC(=O)c1cc(F)cc(F)c1F. The van der Waals surface area contributed by atoms with E-state index < -0.39 is 28.9 Å². The average Bonchev–Trinajstić information content (AvgIpc) is 2.10. The third-order valence-corrected chi connectivity index (χ3v) is 1.46. The van der Waals surface area contributed by atoms with Gasteiger partial charge in [-0.15, -0.1) is 0 Å². The average molecular weight is 205 g/mol. The lowest BCUT2D eigenvalue weighted by molar-refractivity contribution is 0.0957. The lowest BCUT2D eigenvalue weighted by Gasteiger charge is -2.02. The second-order valence-corrected chi connectivity index (χ2v) is 2.33. The van der Waals surface area contributed by atoms with Gasteiger partial charge in [-0.1, -0.05) is 7.43 Å². The molecule has 78 valence electrons. The first kappa shape index (κ1) is 12.5. The van der Waals surface area contributed by atoms with Crippen LogP contribution in [-0.4, -0.2) is 13.0 Å². The van der Waals surface area contributed by atoms with Gasteiger partial charge in [-0.05, 0) is 6.07 Å². The number of amides is 1. The van der Waals surface area contributed by atoms with Gasteiger partial charge in [-0.3, -0.25) is 4.79 Å². The van der Waals surface area contributed by atoms with Crippen molar-refractivity contribution in [3.63, 3.8) is 0 Å². The first-order valence-electron chi connectivity index (χ1n) is 3.43. The van der Waals surface area contributed by atoms with Crippen LogP contribution in [0.4, 0.5) is 13.2 Å². The summed E-state index contributed by atoms with van der Waals surface area (Å²) >= 11 is 0. The van der Waals surface area contributed by atoms with E-state index in [1.165, 1.54) is 7.05 Å². The van der Waals surface area contributed by atoms with E-state index in [1.807, 2.05) is 0 Å². The van der Waals surface area contributed by atoms with Gasteiger partial charge in [0.1, 0.15) is 5.82 Å². The van der Waals surface area contributed by atoms with Gasteiger partial charge >= 0.3 is 0 Å². The second-order valence-electron chi connectivity index (χ2n) is 2.33. The molecule has 1 amide bonds. The number of hydrogen-bond acceptors (Lipinski definition) is 1. The van der Waals surface area contributed by atoms with Gasteiger partial charge in [0, 0.05) is 13.1 Å². The van der Waals surface area contributed by atoms with Crippen molar-refractivity contribution < 1.29 is 18.0 Å². The summed E-state index contributed by atoms with van der Waals surface area (Å²) in [5, 5.41) is 2.06. The van der Waals surface area contributed by atoms with Crippen LogP contribution in [0.2, 0.25) is 0 Å². The van der Waals surface area contributed by atoms with Gasteiger partial charge in [0.05, 0.1) is 5.56 Å². The molecule has 0 unspecified atom stereocenters. The number of halogens is 3. The maximum absolute atomic E-state index is 12.8. The van der Waals surface area contributed by atoms with Gasteiger partial charge in [-0.25, -0.2) is 13.2 Å². The fourth-order valence-electron chi connectivity index (χ4n) is 0.856. The summed E-state index contributed by atoms with van der Waals surface area (Å²) in [5.41, 5.74) is -0.639. The number of nitrogens with one attached hydrogen (secondary N) is 1. The minimum absolute atomic E-state index is 0. The molecule has 0 heterocycles. The highest BCUT2D eigenvalue weighted by molar-refractivity contribution is 5.94. The van der Waals surface area contributed by atoms with Crippen molar-refractivity contribution in [1.82, 2.24) is 5.32 Å². The van der Waals surface area contributed by atoms with Gasteiger partial charge < -0.3 is 5.32 Å². The van der Waals surface area contributed by atoms with Crippen LogP contribution in [0.15, 0.2) is 12.1 Å². The van der Waals surface area contributed by atoms with Crippen LogP contribution in [0, 0.1) is 17.5 Å². The summed E-state index contributed by atoms with van der Waals surface area (Å²) in [6, 6.07) is 1.01. The monoisotopic (exact) mass is 205 g/mol. The van der Waals surface area contributed by atoms with Crippen LogP contribution in [-0.2, 0) is 0 Å². The van der Waals surface area contributed by atoms with E-state index in [0.29, 0.717) is 12.1 Å². The van der Waals surface area contributed by atoms with Crippen molar-refractivity contribution in [3.8, 4) is 0 Å². The number of benzene rings is 1. The van der Waals surface area contributed by atoms with Crippen molar-refractivity contribution in [2.75, 3.05) is 7.05 Å². The third-order valence-electron chi connectivity index (χ3n) is 1.46. The topological polar surface area (TPSA) is 29.1 Å². The van der Waals surface area contributed by atoms with E-state index in [9.17, 15) is 18.0 Å². The standard InChI is InChI=1S/C8H6F3NO.CH4/c1-12-8(13)5-2-4(9)3-6(10)7(5)11;/h2-3H,1H3,(H,12,13);1H4. The first-order chi connectivity index (χ1) is 6.06. The van der Waals surface area contributed by atoms with E-state index in [-0.39, 0.29) is 7.43 Å². The van der Waals surface area contributed by atoms with E-state index in [4.69, 9.17) is 0 Å². The largest absolute Gasteiger partial charge is 0.355 e. The molecule has 0 aliphatic rings. The Morgan fingerprint density at radius 3 is 2.36 bits per heavy atom. The molecule has 0 aliphatic heterocycles. The van der Waals surface area contributed by atoms with E-state index in [1.54, 1.807) is 0 Å². The molecular weight excluding hydrogens is 195 g/mol. The summed E-state index contributed by atoms with van der Waals surface area (Å²) in [5.74, 6) is -4.58. The number of rotatable bonds is 1. The van der Waals surface area contributed by atoms with Crippen molar-refractivity contribution in [1.29, 1.82) is 0 Å². The lowest BCUT2D eigenvalue weighted by Crippen LogP contribution is -2.20. The number of hydrogen-bond donors (Lipinski definition) is 1. The third kappa shape index (κ3) is 2.25. The molecule has 1 aromatic carbocycles. The zero-order valence-electron chi connectivity index (χ0n) is 6.70. The molecule has 0 saturated heterocycles. The number of carbonyl (C=O) groups excluding carboxylic acids is 1. The minimum atomic E-state index is -1.38. The Morgan fingerprint density at radius 1 is 1.29 bits per heavy atom. The Bertz CT molecular complexity index is 352. The molecule has 1 rings (SSSR count). The molecule has 0 spiro atoms. The summed E-state index contributed by atoms with van der Waals surface area (Å²) in [6.07, 6.45) is 0. The second kappa shape index (κ2) is 4.64. The highest BCUT2D eigenvalue weighted by Gasteiger charge is 2.15. The molecule has 14 heavy (non-hydrogen) atoms. The molecule has 1 aromatic rings. The smallest absolute Gasteiger partial charge is 0.254 e. The molecule has 0 radical (unpaired) electrons.